The molecule has 2 saturated heterocycles. The SMILES string of the molecule is COCCCN1C(=O)C[C@](CC(=O)N2CCN(c3ccccc3)CC2)(c2ccccc2OC)C1=O. The summed E-state index contributed by atoms with van der Waals surface area (Å²) in [5.41, 5.74) is 0.449. The van der Waals surface area contributed by atoms with E-state index in [0.717, 1.165) is 5.69 Å². The molecule has 0 radical (unpaired) electrons. The van der Waals surface area contributed by atoms with Gasteiger partial charge in [-0.05, 0) is 24.6 Å². The number of amides is 3. The summed E-state index contributed by atoms with van der Waals surface area (Å²) in [7, 11) is 3.12. The summed E-state index contributed by atoms with van der Waals surface area (Å²) in [6.07, 6.45) is 0.435. The van der Waals surface area contributed by atoms with Crippen molar-refractivity contribution >= 4 is 23.4 Å². The lowest BCUT2D eigenvalue weighted by molar-refractivity contribution is -0.143. The van der Waals surface area contributed by atoms with E-state index in [1.807, 2.05) is 35.2 Å². The number of imide groups is 1. The number of likely N-dealkylation sites (tertiary alicyclic amines) is 1. The molecule has 2 aromatic rings. The molecule has 0 saturated carbocycles. The van der Waals surface area contributed by atoms with Crippen molar-refractivity contribution in [3.63, 3.8) is 0 Å². The number of ether oxygens (including phenoxy) is 2. The Kier molecular flexibility index (Phi) is 7.70. The van der Waals surface area contributed by atoms with Crippen molar-refractivity contribution in [2.45, 2.75) is 24.7 Å². The lowest BCUT2D eigenvalue weighted by Gasteiger charge is -2.38. The topological polar surface area (TPSA) is 79.4 Å². The van der Waals surface area contributed by atoms with Crippen LogP contribution in [0.15, 0.2) is 54.6 Å². The number of benzene rings is 2. The molecule has 0 aliphatic carbocycles. The first-order valence-corrected chi connectivity index (χ1v) is 12.0. The number of rotatable bonds is 9. The van der Waals surface area contributed by atoms with Crippen LogP contribution in [-0.2, 0) is 24.5 Å². The van der Waals surface area contributed by atoms with Gasteiger partial charge in [-0.2, -0.15) is 0 Å². The number of hydrogen-bond donors (Lipinski definition) is 0. The van der Waals surface area contributed by atoms with Gasteiger partial charge in [-0.15, -0.1) is 0 Å². The Balaban J connectivity index is 1.55. The van der Waals surface area contributed by atoms with Crippen LogP contribution in [0.3, 0.4) is 0 Å². The minimum atomic E-state index is -1.27. The van der Waals surface area contributed by atoms with Crippen LogP contribution in [0.5, 0.6) is 5.75 Å². The van der Waals surface area contributed by atoms with E-state index in [2.05, 4.69) is 17.0 Å². The zero-order valence-electron chi connectivity index (χ0n) is 20.4. The van der Waals surface area contributed by atoms with Gasteiger partial charge in [0.1, 0.15) is 5.75 Å². The largest absolute Gasteiger partial charge is 0.496 e. The van der Waals surface area contributed by atoms with Crippen molar-refractivity contribution < 1.29 is 23.9 Å². The molecule has 2 aliphatic rings. The Morgan fingerprint density at radius 2 is 1.63 bits per heavy atom. The zero-order valence-corrected chi connectivity index (χ0v) is 20.4. The van der Waals surface area contributed by atoms with Crippen LogP contribution in [0.25, 0.3) is 0 Å². The predicted molar refractivity (Wildman–Crippen MR) is 132 cm³/mol. The predicted octanol–water partition coefficient (Wildman–Crippen LogP) is 2.47. The third kappa shape index (κ3) is 5.03. The fraction of sp³-hybridized carbons (Fsp3) is 0.444. The maximum absolute atomic E-state index is 13.8. The molecule has 186 valence electrons. The number of hydrogen-bond acceptors (Lipinski definition) is 6. The van der Waals surface area contributed by atoms with Crippen molar-refractivity contribution in [2.75, 3.05) is 58.5 Å². The second-order valence-electron chi connectivity index (χ2n) is 9.04. The summed E-state index contributed by atoms with van der Waals surface area (Å²) < 4.78 is 10.7. The van der Waals surface area contributed by atoms with E-state index in [9.17, 15) is 14.4 Å². The lowest BCUT2D eigenvalue weighted by Crippen LogP contribution is -2.51. The quantitative estimate of drug-likeness (QED) is 0.406. The fourth-order valence-electron chi connectivity index (χ4n) is 5.10. The molecular formula is C27H33N3O5. The van der Waals surface area contributed by atoms with E-state index in [1.165, 1.54) is 12.0 Å². The van der Waals surface area contributed by atoms with Crippen LogP contribution >= 0.6 is 0 Å². The molecule has 0 unspecified atom stereocenters. The molecule has 4 rings (SSSR count). The highest BCUT2D eigenvalue weighted by molar-refractivity contribution is 6.11. The van der Waals surface area contributed by atoms with Gasteiger partial charge in [0.05, 0.1) is 12.5 Å². The van der Waals surface area contributed by atoms with Gasteiger partial charge in [0.2, 0.25) is 17.7 Å². The number of carbonyl (C=O) groups is 3. The van der Waals surface area contributed by atoms with Crippen molar-refractivity contribution in [1.29, 1.82) is 0 Å². The number of para-hydroxylation sites is 2. The lowest BCUT2D eigenvalue weighted by atomic mass is 9.75. The molecule has 0 bridgehead atoms. The van der Waals surface area contributed by atoms with Crippen molar-refractivity contribution in [3.05, 3.63) is 60.2 Å². The first-order chi connectivity index (χ1) is 17.0. The third-order valence-corrected chi connectivity index (χ3v) is 6.97. The minimum absolute atomic E-state index is 0.0467. The molecule has 0 spiro atoms. The van der Waals surface area contributed by atoms with Crippen molar-refractivity contribution in [3.8, 4) is 5.75 Å². The Morgan fingerprint density at radius 3 is 2.31 bits per heavy atom. The maximum Gasteiger partial charge on any atom is 0.241 e. The van der Waals surface area contributed by atoms with Crippen LogP contribution in [0.2, 0.25) is 0 Å². The molecule has 2 heterocycles. The summed E-state index contributed by atoms with van der Waals surface area (Å²) in [5, 5.41) is 0. The zero-order chi connectivity index (χ0) is 24.8. The van der Waals surface area contributed by atoms with Crippen LogP contribution in [0.4, 0.5) is 5.69 Å². The number of anilines is 1. The molecule has 1 atom stereocenters. The molecule has 35 heavy (non-hydrogen) atoms. The normalized spacial score (nSPS) is 20.5. The maximum atomic E-state index is 13.8. The highest BCUT2D eigenvalue weighted by atomic mass is 16.5. The van der Waals surface area contributed by atoms with Gasteiger partial charge < -0.3 is 19.3 Å². The molecular weight excluding hydrogens is 446 g/mol. The van der Waals surface area contributed by atoms with Gasteiger partial charge in [0.15, 0.2) is 0 Å². The van der Waals surface area contributed by atoms with Gasteiger partial charge in [0.25, 0.3) is 0 Å². The highest BCUT2D eigenvalue weighted by Crippen LogP contribution is 2.44. The number of nitrogens with zero attached hydrogens (tertiary/aromatic N) is 3. The van der Waals surface area contributed by atoms with Gasteiger partial charge in [0, 0.05) is 70.5 Å². The Morgan fingerprint density at radius 1 is 0.943 bits per heavy atom. The Hall–Kier alpha value is -3.39. The van der Waals surface area contributed by atoms with E-state index < -0.39 is 5.41 Å². The van der Waals surface area contributed by atoms with Crippen molar-refractivity contribution in [2.24, 2.45) is 0 Å². The molecule has 8 heteroatoms. The highest BCUT2D eigenvalue weighted by Gasteiger charge is 2.55. The number of carbonyl (C=O) groups excluding carboxylic acids is 3. The molecule has 2 aromatic carbocycles. The third-order valence-electron chi connectivity index (χ3n) is 6.97. The van der Waals surface area contributed by atoms with E-state index in [0.29, 0.717) is 50.5 Å². The molecule has 0 N–H and O–H groups in total. The summed E-state index contributed by atoms with van der Waals surface area (Å²) in [5.74, 6) is -0.212. The molecule has 2 aliphatic heterocycles. The molecule has 3 amide bonds. The van der Waals surface area contributed by atoms with Crippen LogP contribution < -0.4 is 9.64 Å². The summed E-state index contributed by atoms with van der Waals surface area (Å²) >= 11 is 0. The summed E-state index contributed by atoms with van der Waals surface area (Å²) in [4.78, 5) is 45.7. The molecule has 2 fully saturated rings. The van der Waals surface area contributed by atoms with Gasteiger partial charge >= 0.3 is 0 Å². The smallest absolute Gasteiger partial charge is 0.241 e. The van der Waals surface area contributed by atoms with Crippen LogP contribution in [-0.4, -0.2) is 81.1 Å². The van der Waals surface area contributed by atoms with Crippen molar-refractivity contribution in [1.82, 2.24) is 9.80 Å². The van der Waals surface area contributed by atoms with Crippen LogP contribution in [0.1, 0.15) is 24.8 Å². The van der Waals surface area contributed by atoms with E-state index >= 15 is 0 Å². The van der Waals surface area contributed by atoms with Gasteiger partial charge in [-0.25, -0.2) is 0 Å². The average Bonchev–Trinajstić information content (AvgIpc) is 3.14. The van der Waals surface area contributed by atoms with Crippen LogP contribution in [0, 0.1) is 0 Å². The average molecular weight is 480 g/mol. The molecule has 8 nitrogen and oxygen atoms in total. The van der Waals surface area contributed by atoms with Gasteiger partial charge in [-0.1, -0.05) is 36.4 Å². The Labute approximate surface area is 206 Å². The van der Waals surface area contributed by atoms with E-state index in [1.54, 1.807) is 19.2 Å². The second-order valence-corrected chi connectivity index (χ2v) is 9.04. The monoisotopic (exact) mass is 479 g/mol. The standard InChI is InChI=1S/C27H33N3O5/c1-34-18-8-13-30-25(32)20-27(26(30)33,22-11-6-7-12-23(22)35-2)19-24(31)29-16-14-28(15-17-29)21-9-4-3-5-10-21/h3-7,9-12H,8,13-20H2,1-2H3/t27-/m1/s1. The van der Waals surface area contributed by atoms with Gasteiger partial charge in [-0.3, -0.25) is 19.3 Å². The first kappa shape index (κ1) is 24.7. The first-order valence-electron chi connectivity index (χ1n) is 12.0. The second kappa shape index (κ2) is 10.9. The molecule has 0 aromatic heterocycles. The van der Waals surface area contributed by atoms with E-state index in [4.69, 9.17) is 9.47 Å². The fourth-order valence-corrected chi connectivity index (χ4v) is 5.10. The minimum Gasteiger partial charge on any atom is -0.496 e. The number of methoxy groups -OCH3 is 2. The summed E-state index contributed by atoms with van der Waals surface area (Å²) in [6.45, 7) is 3.28. The number of piperazine rings is 1. The Bertz CT molecular complexity index is 1050. The summed E-state index contributed by atoms with van der Waals surface area (Å²) in [6, 6.07) is 17.3. The van der Waals surface area contributed by atoms with E-state index in [-0.39, 0.29) is 37.1 Å².